The number of hydrogen-bond donors (Lipinski definition) is 1. The highest BCUT2D eigenvalue weighted by Gasteiger charge is 2.26. The van der Waals surface area contributed by atoms with Gasteiger partial charge in [0.1, 0.15) is 0 Å². The molecule has 1 N–H and O–H groups in total. The van der Waals surface area contributed by atoms with Gasteiger partial charge in [-0.2, -0.15) is 0 Å². The Morgan fingerprint density at radius 2 is 2.00 bits per heavy atom. The topological polar surface area (TPSA) is 29.1 Å². The number of carbonyl (C=O) groups excluding carboxylic acids is 1. The molecule has 104 valence electrons. The zero-order valence-electron chi connectivity index (χ0n) is 11.7. The standard InChI is InChI=1S/C16H23NOS/c1-11-6-2-4-8-14(11)17-16(18)13-10-19-15-9-5-3-7-12(13)15/h10-11,14H,2-9H2,1H3,(H,17,18). The molecule has 1 heterocycles. The fourth-order valence-corrected chi connectivity index (χ4v) is 4.59. The van der Waals surface area contributed by atoms with Crippen LogP contribution in [0.2, 0.25) is 0 Å². The number of aryl methyl sites for hydroxylation is 1. The molecule has 1 fully saturated rings. The van der Waals surface area contributed by atoms with Gasteiger partial charge in [0.15, 0.2) is 0 Å². The smallest absolute Gasteiger partial charge is 0.252 e. The van der Waals surface area contributed by atoms with Crippen LogP contribution in [0, 0.1) is 5.92 Å². The molecule has 3 rings (SSSR count). The van der Waals surface area contributed by atoms with Crippen molar-refractivity contribution >= 4 is 17.2 Å². The van der Waals surface area contributed by atoms with Crippen molar-refractivity contribution in [2.45, 2.75) is 64.3 Å². The molecular formula is C16H23NOS. The summed E-state index contributed by atoms with van der Waals surface area (Å²) in [5.41, 5.74) is 2.31. The van der Waals surface area contributed by atoms with Crippen molar-refractivity contribution in [1.82, 2.24) is 5.32 Å². The Morgan fingerprint density at radius 3 is 2.84 bits per heavy atom. The Hall–Kier alpha value is -0.830. The van der Waals surface area contributed by atoms with Crippen molar-refractivity contribution < 1.29 is 4.79 Å². The Balaban J connectivity index is 1.71. The Kier molecular flexibility index (Phi) is 3.92. The quantitative estimate of drug-likeness (QED) is 0.871. The summed E-state index contributed by atoms with van der Waals surface area (Å²) < 4.78 is 0. The van der Waals surface area contributed by atoms with Gasteiger partial charge in [0, 0.05) is 16.3 Å². The van der Waals surface area contributed by atoms with E-state index in [1.54, 1.807) is 11.3 Å². The third kappa shape index (κ3) is 2.71. The van der Waals surface area contributed by atoms with E-state index in [0.29, 0.717) is 12.0 Å². The Labute approximate surface area is 119 Å². The Morgan fingerprint density at radius 1 is 1.21 bits per heavy atom. The maximum Gasteiger partial charge on any atom is 0.252 e. The third-order valence-electron chi connectivity index (χ3n) is 4.73. The minimum Gasteiger partial charge on any atom is -0.349 e. The molecule has 0 bridgehead atoms. The molecule has 2 unspecified atom stereocenters. The second kappa shape index (κ2) is 5.66. The van der Waals surface area contributed by atoms with Crippen LogP contribution in [0.4, 0.5) is 0 Å². The first-order chi connectivity index (χ1) is 9.25. The van der Waals surface area contributed by atoms with Crippen molar-refractivity contribution in [2.75, 3.05) is 0 Å². The number of rotatable bonds is 2. The second-order valence-electron chi connectivity index (χ2n) is 6.10. The van der Waals surface area contributed by atoms with Gasteiger partial charge in [0.25, 0.3) is 5.91 Å². The molecule has 1 aromatic heterocycles. The van der Waals surface area contributed by atoms with E-state index in [1.807, 2.05) is 0 Å². The fraction of sp³-hybridized carbons (Fsp3) is 0.688. The summed E-state index contributed by atoms with van der Waals surface area (Å²) in [5.74, 6) is 0.810. The molecule has 3 heteroatoms. The minimum absolute atomic E-state index is 0.179. The van der Waals surface area contributed by atoms with Crippen LogP contribution in [-0.4, -0.2) is 11.9 Å². The lowest BCUT2D eigenvalue weighted by atomic mass is 9.85. The van der Waals surface area contributed by atoms with E-state index in [9.17, 15) is 4.79 Å². The van der Waals surface area contributed by atoms with Crippen LogP contribution in [0.3, 0.4) is 0 Å². The number of carbonyl (C=O) groups is 1. The summed E-state index contributed by atoms with van der Waals surface area (Å²) in [6.07, 6.45) is 9.79. The Bertz CT molecular complexity index is 465. The first-order valence-electron chi connectivity index (χ1n) is 7.66. The zero-order chi connectivity index (χ0) is 13.2. The van der Waals surface area contributed by atoms with Gasteiger partial charge in [-0.3, -0.25) is 4.79 Å². The molecule has 1 aromatic rings. The molecular weight excluding hydrogens is 254 g/mol. The van der Waals surface area contributed by atoms with Crippen LogP contribution in [-0.2, 0) is 12.8 Å². The van der Waals surface area contributed by atoms with E-state index in [1.165, 1.54) is 49.0 Å². The van der Waals surface area contributed by atoms with Crippen LogP contribution in [0.15, 0.2) is 5.38 Å². The minimum atomic E-state index is 0.179. The SMILES string of the molecule is CC1CCCCC1NC(=O)c1csc2c1CCCC2. The van der Waals surface area contributed by atoms with E-state index in [2.05, 4.69) is 17.6 Å². The van der Waals surface area contributed by atoms with Gasteiger partial charge in [-0.1, -0.05) is 19.8 Å². The van der Waals surface area contributed by atoms with E-state index < -0.39 is 0 Å². The number of thiophene rings is 1. The molecule has 0 radical (unpaired) electrons. The van der Waals surface area contributed by atoms with Gasteiger partial charge >= 0.3 is 0 Å². The summed E-state index contributed by atoms with van der Waals surface area (Å²) in [7, 11) is 0. The van der Waals surface area contributed by atoms with Crippen molar-refractivity contribution in [2.24, 2.45) is 5.92 Å². The van der Waals surface area contributed by atoms with E-state index in [4.69, 9.17) is 0 Å². The summed E-state index contributed by atoms with van der Waals surface area (Å²) in [6.45, 7) is 2.27. The molecule has 19 heavy (non-hydrogen) atoms. The zero-order valence-corrected chi connectivity index (χ0v) is 12.5. The van der Waals surface area contributed by atoms with Gasteiger partial charge in [-0.15, -0.1) is 11.3 Å². The second-order valence-corrected chi connectivity index (χ2v) is 7.06. The lowest BCUT2D eigenvalue weighted by Crippen LogP contribution is -2.41. The fourth-order valence-electron chi connectivity index (χ4n) is 3.46. The highest BCUT2D eigenvalue weighted by Crippen LogP contribution is 2.31. The van der Waals surface area contributed by atoms with Crippen LogP contribution in [0.5, 0.6) is 0 Å². The van der Waals surface area contributed by atoms with Gasteiger partial charge in [-0.05, 0) is 50.0 Å². The highest BCUT2D eigenvalue weighted by molar-refractivity contribution is 7.10. The van der Waals surface area contributed by atoms with Gasteiger partial charge < -0.3 is 5.32 Å². The van der Waals surface area contributed by atoms with Gasteiger partial charge in [0.05, 0.1) is 5.56 Å². The van der Waals surface area contributed by atoms with Crippen LogP contribution < -0.4 is 5.32 Å². The first-order valence-corrected chi connectivity index (χ1v) is 8.54. The molecule has 2 aliphatic carbocycles. The number of amides is 1. The predicted molar refractivity (Wildman–Crippen MR) is 79.8 cm³/mol. The monoisotopic (exact) mass is 277 g/mol. The molecule has 2 atom stereocenters. The first kappa shape index (κ1) is 13.2. The number of fused-ring (bicyclic) bond motifs is 1. The summed E-state index contributed by atoms with van der Waals surface area (Å²) in [4.78, 5) is 13.9. The third-order valence-corrected chi connectivity index (χ3v) is 5.82. The van der Waals surface area contributed by atoms with E-state index in [0.717, 1.165) is 18.4 Å². The average molecular weight is 277 g/mol. The molecule has 0 spiro atoms. The van der Waals surface area contributed by atoms with Crippen molar-refractivity contribution in [3.8, 4) is 0 Å². The van der Waals surface area contributed by atoms with Crippen molar-refractivity contribution in [1.29, 1.82) is 0 Å². The molecule has 1 saturated carbocycles. The lowest BCUT2D eigenvalue weighted by Gasteiger charge is -2.29. The van der Waals surface area contributed by atoms with Crippen LogP contribution in [0.25, 0.3) is 0 Å². The summed E-state index contributed by atoms with van der Waals surface area (Å²) in [6, 6.07) is 0.389. The maximum absolute atomic E-state index is 12.5. The van der Waals surface area contributed by atoms with Gasteiger partial charge in [-0.25, -0.2) is 0 Å². The largest absolute Gasteiger partial charge is 0.349 e. The van der Waals surface area contributed by atoms with Gasteiger partial charge in [0.2, 0.25) is 0 Å². The van der Waals surface area contributed by atoms with E-state index >= 15 is 0 Å². The lowest BCUT2D eigenvalue weighted by molar-refractivity contribution is 0.0909. The van der Waals surface area contributed by atoms with E-state index in [-0.39, 0.29) is 5.91 Å². The van der Waals surface area contributed by atoms with Crippen LogP contribution >= 0.6 is 11.3 Å². The summed E-state index contributed by atoms with van der Waals surface area (Å²) >= 11 is 1.78. The highest BCUT2D eigenvalue weighted by atomic mass is 32.1. The van der Waals surface area contributed by atoms with Crippen LogP contribution in [0.1, 0.15) is 66.2 Å². The molecule has 0 aromatic carbocycles. The summed E-state index contributed by atoms with van der Waals surface area (Å²) in [5, 5.41) is 5.37. The molecule has 2 nitrogen and oxygen atoms in total. The average Bonchev–Trinajstić information content (AvgIpc) is 2.85. The predicted octanol–water partition coefficient (Wildman–Crippen LogP) is 3.94. The molecule has 0 saturated heterocycles. The molecule has 2 aliphatic rings. The van der Waals surface area contributed by atoms with Crippen molar-refractivity contribution in [3.05, 3.63) is 21.4 Å². The van der Waals surface area contributed by atoms with Crippen molar-refractivity contribution in [3.63, 3.8) is 0 Å². The maximum atomic E-state index is 12.5. The molecule has 1 amide bonds. The molecule has 0 aliphatic heterocycles. The number of hydrogen-bond acceptors (Lipinski definition) is 2. The normalized spacial score (nSPS) is 26.8. The number of nitrogens with one attached hydrogen (secondary N) is 1.